The van der Waals surface area contributed by atoms with Crippen molar-refractivity contribution in [1.29, 1.82) is 0 Å². The van der Waals surface area contributed by atoms with Gasteiger partial charge in [0.05, 0.1) is 0 Å². The van der Waals surface area contributed by atoms with Crippen molar-refractivity contribution >= 4 is 28.9 Å². The summed E-state index contributed by atoms with van der Waals surface area (Å²) in [6.45, 7) is 2.09. The van der Waals surface area contributed by atoms with Gasteiger partial charge in [-0.2, -0.15) is 0 Å². The van der Waals surface area contributed by atoms with Gasteiger partial charge in [-0.05, 0) is 23.8 Å². The monoisotopic (exact) mass is 275 g/mol. The van der Waals surface area contributed by atoms with E-state index in [0.29, 0.717) is 11.7 Å². The molecule has 2 aromatic rings. The molecule has 0 radical (unpaired) electrons. The number of nitrogens with zero attached hydrogens (tertiary/aromatic N) is 1. The van der Waals surface area contributed by atoms with Crippen molar-refractivity contribution in [2.75, 3.05) is 10.6 Å². The van der Waals surface area contributed by atoms with Gasteiger partial charge in [0.25, 0.3) is 0 Å². The molecule has 0 fully saturated rings. The molecule has 0 aliphatic carbocycles. The summed E-state index contributed by atoms with van der Waals surface area (Å²) in [6, 6.07) is 11.2. The Labute approximate surface area is 116 Å². The summed E-state index contributed by atoms with van der Waals surface area (Å²) >= 11 is 5.82. The number of amides is 1. The number of para-hydroxylation sites is 1. The Bertz CT molecular complexity index is 586. The highest BCUT2D eigenvalue weighted by Gasteiger charge is 2.03. The molecule has 19 heavy (non-hydrogen) atoms. The van der Waals surface area contributed by atoms with Gasteiger partial charge in [0.15, 0.2) is 0 Å². The fourth-order valence-electron chi connectivity index (χ4n) is 1.70. The molecule has 98 valence electrons. The second-order valence-electron chi connectivity index (χ2n) is 4.06. The Kier molecular flexibility index (Phi) is 4.36. The number of anilines is 2. The number of halogens is 1. The third-order valence-corrected chi connectivity index (χ3v) is 2.74. The van der Waals surface area contributed by atoms with E-state index < -0.39 is 0 Å². The Morgan fingerprint density at radius 1 is 1.32 bits per heavy atom. The highest BCUT2D eigenvalue weighted by molar-refractivity contribution is 6.29. The molecule has 4 nitrogen and oxygen atoms in total. The summed E-state index contributed by atoms with van der Waals surface area (Å²) in [5, 5.41) is 6.49. The van der Waals surface area contributed by atoms with Crippen LogP contribution in [0, 0.1) is 0 Å². The highest BCUT2D eigenvalue weighted by Crippen LogP contribution is 2.18. The van der Waals surface area contributed by atoms with Crippen LogP contribution in [0.3, 0.4) is 0 Å². The van der Waals surface area contributed by atoms with E-state index >= 15 is 0 Å². The lowest BCUT2D eigenvalue weighted by Crippen LogP contribution is -2.10. The van der Waals surface area contributed by atoms with Crippen LogP contribution in [0.25, 0.3) is 0 Å². The normalized spacial score (nSPS) is 10.0. The Morgan fingerprint density at radius 2 is 2.11 bits per heavy atom. The molecule has 0 saturated heterocycles. The molecule has 0 unspecified atom stereocenters. The smallest absolute Gasteiger partial charge is 0.221 e. The first-order chi connectivity index (χ1) is 9.15. The minimum Gasteiger partial charge on any atom is -0.381 e. The highest BCUT2D eigenvalue weighted by atomic mass is 35.5. The van der Waals surface area contributed by atoms with Gasteiger partial charge in [0, 0.05) is 31.0 Å². The first-order valence-electron chi connectivity index (χ1n) is 5.86. The van der Waals surface area contributed by atoms with Crippen molar-refractivity contribution in [2.24, 2.45) is 0 Å². The number of pyridine rings is 1. The van der Waals surface area contributed by atoms with Crippen molar-refractivity contribution in [3.8, 4) is 0 Å². The van der Waals surface area contributed by atoms with E-state index in [0.717, 1.165) is 16.9 Å². The average molecular weight is 276 g/mol. The van der Waals surface area contributed by atoms with Crippen LogP contribution in [0.2, 0.25) is 5.15 Å². The maximum Gasteiger partial charge on any atom is 0.221 e. The van der Waals surface area contributed by atoms with E-state index in [2.05, 4.69) is 15.6 Å². The maximum atomic E-state index is 11.1. The minimum atomic E-state index is -0.0839. The predicted octanol–water partition coefficient (Wildman–Crippen LogP) is 3.31. The van der Waals surface area contributed by atoms with Gasteiger partial charge in [-0.25, -0.2) is 4.98 Å². The number of benzene rings is 1. The summed E-state index contributed by atoms with van der Waals surface area (Å²) < 4.78 is 0. The largest absolute Gasteiger partial charge is 0.381 e. The summed E-state index contributed by atoms with van der Waals surface area (Å²) in [4.78, 5) is 15.0. The molecule has 1 aromatic carbocycles. The second kappa shape index (κ2) is 6.20. The molecule has 0 spiro atoms. The predicted molar refractivity (Wildman–Crippen MR) is 77.3 cm³/mol. The third-order valence-electron chi connectivity index (χ3n) is 2.54. The van der Waals surface area contributed by atoms with Crippen molar-refractivity contribution in [1.82, 2.24) is 4.98 Å². The lowest BCUT2D eigenvalue weighted by atomic mass is 10.1. The van der Waals surface area contributed by atoms with Crippen LogP contribution >= 0.6 is 11.6 Å². The molecule has 5 heteroatoms. The zero-order chi connectivity index (χ0) is 13.7. The molecule has 2 N–H and O–H groups in total. The number of nitrogens with one attached hydrogen (secondary N) is 2. The fourth-order valence-corrected chi connectivity index (χ4v) is 1.87. The number of hydrogen-bond acceptors (Lipinski definition) is 3. The van der Waals surface area contributed by atoms with Gasteiger partial charge in [-0.15, -0.1) is 0 Å². The number of aromatic nitrogens is 1. The van der Waals surface area contributed by atoms with E-state index in [1.807, 2.05) is 30.3 Å². The number of rotatable bonds is 4. The van der Waals surface area contributed by atoms with Gasteiger partial charge >= 0.3 is 0 Å². The molecule has 0 bridgehead atoms. The van der Waals surface area contributed by atoms with Crippen molar-refractivity contribution in [3.05, 3.63) is 53.3 Å². The van der Waals surface area contributed by atoms with Gasteiger partial charge in [0.2, 0.25) is 5.91 Å². The number of carbonyl (C=O) groups excluding carboxylic acids is 1. The Balaban J connectivity index is 2.09. The van der Waals surface area contributed by atoms with Crippen molar-refractivity contribution in [3.63, 3.8) is 0 Å². The lowest BCUT2D eigenvalue weighted by molar-refractivity contribution is -0.114. The molecule has 0 atom stereocenters. The molecule has 1 aromatic heterocycles. The molecular weight excluding hydrogens is 262 g/mol. The van der Waals surface area contributed by atoms with E-state index in [-0.39, 0.29) is 5.91 Å². The van der Waals surface area contributed by atoms with Crippen LogP contribution in [0.1, 0.15) is 12.5 Å². The Morgan fingerprint density at radius 3 is 2.84 bits per heavy atom. The van der Waals surface area contributed by atoms with Crippen LogP contribution in [-0.4, -0.2) is 10.9 Å². The minimum absolute atomic E-state index is 0.0839. The molecule has 1 amide bonds. The lowest BCUT2D eigenvalue weighted by Gasteiger charge is -2.11. The van der Waals surface area contributed by atoms with Gasteiger partial charge in [0.1, 0.15) is 5.15 Å². The molecule has 0 saturated carbocycles. The first-order valence-corrected chi connectivity index (χ1v) is 6.24. The SMILES string of the molecule is CC(=O)Nc1ccccc1CNc1ccnc(Cl)c1. The number of carbonyl (C=O) groups is 1. The molecule has 2 rings (SSSR count). The zero-order valence-corrected chi connectivity index (χ0v) is 11.2. The average Bonchev–Trinajstić information content (AvgIpc) is 2.37. The van der Waals surface area contributed by atoms with Crippen LogP contribution in [0.5, 0.6) is 0 Å². The van der Waals surface area contributed by atoms with E-state index in [1.54, 1.807) is 12.3 Å². The topological polar surface area (TPSA) is 54.0 Å². The van der Waals surface area contributed by atoms with Crippen LogP contribution in [0.4, 0.5) is 11.4 Å². The summed E-state index contributed by atoms with van der Waals surface area (Å²) in [5.41, 5.74) is 2.70. The zero-order valence-electron chi connectivity index (χ0n) is 10.5. The summed E-state index contributed by atoms with van der Waals surface area (Å²) in [6.07, 6.45) is 1.64. The molecule has 1 heterocycles. The molecule has 0 aliphatic heterocycles. The molecular formula is C14H14ClN3O. The number of hydrogen-bond donors (Lipinski definition) is 2. The van der Waals surface area contributed by atoms with E-state index in [9.17, 15) is 4.79 Å². The summed E-state index contributed by atoms with van der Waals surface area (Å²) in [5.74, 6) is -0.0839. The van der Waals surface area contributed by atoms with Crippen LogP contribution in [0.15, 0.2) is 42.6 Å². The van der Waals surface area contributed by atoms with E-state index in [1.165, 1.54) is 6.92 Å². The van der Waals surface area contributed by atoms with Crippen LogP contribution < -0.4 is 10.6 Å². The summed E-state index contributed by atoms with van der Waals surface area (Å²) in [7, 11) is 0. The maximum absolute atomic E-state index is 11.1. The van der Waals surface area contributed by atoms with Gasteiger partial charge < -0.3 is 10.6 Å². The fraction of sp³-hybridized carbons (Fsp3) is 0.143. The van der Waals surface area contributed by atoms with Crippen molar-refractivity contribution in [2.45, 2.75) is 13.5 Å². The van der Waals surface area contributed by atoms with Crippen LogP contribution in [-0.2, 0) is 11.3 Å². The second-order valence-corrected chi connectivity index (χ2v) is 4.45. The third kappa shape index (κ3) is 3.96. The quantitative estimate of drug-likeness (QED) is 0.842. The first kappa shape index (κ1) is 13.4. The van der Waals surface area contributed by atoms with Gasteiger partial charge in [-0.3, -0.25) is 4.79 Å². The standard InChI is InChI=1S/C14H14ClN3O/c1-10(19)18-13-5-3-2-4-11(13)9-17-12-6-7-16-14(15)8-12/h2-8H,9H2,1H3,(H,16,17)(H,18,19). The van der Waals surface area contributed by atoms with Crippen molar-refractivity contribution < 1.29 is 4.79 Å². The molecule has 0 aliphatic rings. The van der Waals surface area contributed by atoms with Gasteiger partial charge in [-0.1, -0.05) is 29.8 Å². The van der Waals surface area contributed by atoms with E-state index in [4.69, 9.17) is 11.6 Å². The Hall–Kier alpha value is -2.07.